The third-order valence-corrected chi connectivity index (χ3v) is 5.20. The largest absolute Gasteiger partial charge is 1.00 e. The molecule has 0 bridgehead atoms. The number of carbonyl (C=O) groups is 2. The van der Waals surface area contributed by atoms with Gasteiger partial charge in [-0.2, -0.15) is 0 Å². The van der Waals surface area contributed by atoms with Crippen LogP contribution in [0, 0.1) is 0 Å². The number of rotatable bonds is 2. The van der Waals surface area contributed by atoms with Crippen molar-refractivity contribution in [3.63, 3.8) is 0 Å². The Balaban J connectivity index is 0.00000131. The van der Waals surface area contributed by atoms with Gasteiger partial charge in [-0.15, -0.1) is 0 Å². The summed E-state index contributed by atoms with van der Waals surface area (Å²) in [4.78, 5) is 23.6. The van der Waals surface area contributed by atoms with Crippen molar-refractivity contribution in [2.75, 3.05) is 5.32 Å². The molecular weight excluding hydrogens is 411 g/mol. The number of carbonyl (C=O) groups excluding carboxylic acids is 2. The summed E-state index contributed by atoms with van der Waals surface area (Å²) in [6.07, 6.45) is -0.598. The van der Waals surface area contributed by atoms with E-state index in [4.69, 9.17) is 27.9 Å². The van der Waals surface area contributed by atoms with Crippen LogP contribution in [-0.4, -0.2) is 23.9 Å². The molecule has 0 aromatic heterocycles. The summed E-state index contributed by atoms with van der Waals surface area (Å²) in [5, 5.41) is 15.4. The molecule has 0 aliphatic carbocycles. The summed E-state index contributed by atoms with van der Waals surface area (Å²) < 4.78 is 5.92. The SMILES string of the molecule is CC(=O)C1Nc2cc(Cl)cc(Cl)c2C2c3cccc(C(=O)[O-])c3OC12.[Na+].[Na+]. The smallest absolute Gasteiger partial charge is 0.545 e. The Hall–Kier alpha value is -0.240. The quantitative estimate of drug-likeness (QED) is 0.511. The average Bonchev–Trinajstić information content (AvgIpc) is 2.92. The fraction of sp³-hybridized carbons (Fsp3) is 0.222. The van der Waals surface area contributed by atoms with Gasteiger partial charge < -0.3 is 20.0 Å². The van der Waals surface area contributed by atoms with Gasteiger partial charge in [-0.1, -0.05) is 35.3 Å². The van der Waals surface area contributed by atoms with Crippen molar-refractivity contribution in [3.8, 4) is 5.75 Å². The molecule has 4 rings (SSSR count). The summed E-state index contributed by atoms with van der Waals surface area (Å²) in [5.74, 6) is -1.60. The van der Waals surface area contributed by atoms with Crippen LogP contribution in [0.15, 0.2) is 30.3 Å². The number of carboxylic acids is 1. The third kappa shape index (κ3) is 3.81. The van der Waals surface area contributed by atoms with E-state index < -0.39 is 18.1 Å². The number of halogens is 2. The molecule has 2 aromatic rings. The van der Waals surface area contributed by atoms with Gasteiger partial charge in [0.15, 0.2) is 5.78 Å². The number of aromatic carboxylic acids is 1. The number of ketones is 1. The number of ether oxygens (including phenoxy) is 1. The first-order chi connectivity index (χ1) is 11.9. The number of fused-ring (bicyclic) bond motifs is 5. The van der Waals surface area contributed by atoms with Crippen molar-refractivity contribution in [2.45, 2.75) is 25.0 Å². The van der Waals surface area contributed by atoms with Gasteiger partial charge >= 0.3 is 59.1 Å². The average molecular weight is 423 g/mol. The van der Waals surface area contributed by atoms with Crippen molar-refractivity contribution in [1.82, 2.24) is 0 Å². The van der Waals surface area contributed by atoms with Crippen LogP contribution >= 0.6 is 23.2 Å². The van der Waals surface area contributed by atoms with E-state index in [1.54, 1.807) is 24.3 Å². The molecule has 3 unspecified atom stereocenters. The topological polar surface area (TPSA) is 78.5 Å². The number of anilines is 1. The zero-order valence-corrected chi connectivity index (χ0v) is 20.5. The van der Waals surface area contributed by atoms with Gasteiger partial charge in [0.2, 0.25) is 0 Å². The molecule has 1 N–H and O–H groups in total. The first-order valence-electron chi connectivity index (χ1n) is 7.65. The van der Waals surface area contributed by atoms with Crippen molar-refractivity contribution < 1.29 is 78.5 Å². The van der Waals surface area contributed by atoms with E-state index in [1.165, 1.54) is 13.0 Å². The number of para-hydroxylation sites is 1. The van der Waals surface area contributed by atoms with Gasteiger partial charge in [0, 0.05) is 32.4 Å². The molecule has 5 nitrogen and oxygen atoms in total. The Morgan fingerprint density at radius 2 is 1.89 bits per heavy atom. The van der Waals surface area contributed by atoms with Gasteiger partial charge in [0.25, 0.3) is 0 Å². The maximum atomic E-state index is 12.2. The number of benzene rings is 2. The van der Waals surface area contributed by atoms with E-state index >= 15 is 0 Å². The van der Waals surface area contributed by atoms with Crippen LogP contribution in [0.25, 0.3) is 0 Å². The molecule has 2 aromatic carbocycles. The number of carboxylic acid groups (broad SMARTS) is 1. The molecule has 2 aliphatic heterocycles. The molecule has 0 saturated carbocycles. The van der Waals surface area contributed by atoms with Crippen LogP contribution in [0.2, 0.25) is 10.0 Å². The molecule has 0 spiro atoms. The van der Waals surface area contributed by atoms with E-state index in [0.29, 0.717) is 21.3 Å². The molecule has 0 fully saturated rings. The van der Waals surface area contributed by atoms with E-state index in [9.17, 15) is 14.7 Å². The Kier molecular flexibility index (Phi) is 7.37. The molecule has 128 valence electrons. The zero-order valence-electron chi connectivity index (χ0n) is 15.0. The summed E-state index contributed by atoms with van der Waals surface area (Å²) in [7, 11) is 0. The Bertz CT molecular complexity index is 938. The number of Topliss-reactive ketones (excluding diaryl/α,β-unsaturated/α-hetero) is 1. The minimum atomic E-state index is -1.33. The van der Waals surface area contributed by atoms with Crippen molar-refractivity contribution in [3.05, 3.63) is 57.1 Å². The fourth-order valence-corrected chi connectivity index (χ4v) is 4.27. The second-order valence-electron chi connectivity index (χ2n) is 6.15. The van der Waals surface area contributed by atoms with Gasteiger partial charge in [-0.25, -0.2) is 0 Å². The zero-order chi connectivity index (χ0) is 17.9. The van der Waals surface area contributed by atoms with E-state index in [-0.39, 0.29) is 82.1 Å². The van der Waals surface area contributed by atoms with Gasteiger partial charge in [-0.05, 0) is 25.1 Å². The number of nitrogens with one attached hydrogen (secondary N) is 1. The maximum absolute atomic E-state index is 12.2. The van der Waals surface area contributed by atoms with Crippen LogP contribution in [0.4, 0.5) is 5.69 Å². The van der Waals surface area contributed by atoms with Crippen molar-refractivity contribution in [2.24, 2.45) is 0 Å². The minimum absolute atomic E-state index is 0. The van der Waals surface area contributed by atoms with Gasteiger partial charge in [-0.3, -0.25) is 4.79 Å². The molecule has 2 aliphatic rings. The van der Waals surface area contributed by atoms with Crippen LogP contribution in [0.5, 0.6) is 5.75 Å². The summed E-state index contributed by atoms with van der Waals surface area (Å²) in [6.45, 7) is 1.46. The predicted octanol–water partition coefficient (Wildman–Crippen LogP) is -3.36. The summed E-state index contributed by atoms with van der Waals surface area (Å²) in [5.41, 5.74) is 2.02. The molecule has 0 saturated heterocycles. The standard InChI is InChI=1S/C18H13Cl2NO4.2Na/c1-7(22)15-17-13(14-11(20)5-8(19)6-12(14)21-15)9-3-2-4-10(18(23)24)16(9)25-17;;/h2-6,13,15,17,21H,1H3,(H,23,24);;/q;2*+1/p-1. The normalized spacial score (nSPS) is 21.2. The number of hydrogen-bond acceptors (Lipinski definition) is 5. The fourth-order valence-electron chi connectivity index (χ4n) is 3.66. The van der Waals surface area contributed by atoms with Crippen LogP contribution < -0.4 is 74.3 Å². The third-order valence-electron chi connectivity index (χ3n) is 4.67. The number of hydrogen-bond donors (Lipinski definition) is 1. The van der Waals surface area contributed by atoms with Gasteiger partial charge in [0.05, 0.1) is 11.9 Å². The van der Waals surface area contributed by atoms with E-state index in [0.717, 1.165) is 5.56 Å². The van der Waals surface area contributed by atoms with Crippen LogP contribution in [0.1, 0.15) is 34.3 Å². The molecule has 2 heterocycles. The first kappa shape index (κ1) is 23.0. The first-order valence-corrected chi connectivity index (χ1v) is 8.41. The molecule has 27 heavy (non-hydrogen) atoms. The summed E-state index contributed by atoms with van der Waals surface area (Å²) >= 11 is 12.5. The van der Waals surface area contributed by atoms with Crippen molar-refractivity contribution in [1.29, 1.82) is 0 Å². The van der Waals surface area contributed by atoms with Crippen LogP contribution in [0.3, 0.4) is 0 Å². The van der Waals surface area contributed by atoms with Crippen LogP contribution in [-0.2, 0) is 4.79 Å². The molecular formula is C18H12Cl2NNa2O4+. The van der Waals surface area contributed by atoms with Crippen molar-refractivity contribution >= 4 is 40.6 Å². The van der Waals surface area contributed by atoms with E-state index in [1.807, 2.05) is 0 Å². The van der Waals surface area contributed by atoms with Gasteiger partial charge in [0.1, 0.15) is 17.9 Å². The summed E-state index contributed by atoms with van der Waals surface area (Å²) in [6, 6.07) is 7.51. The Morgan fingerprint density at radius 1 is 1.19 bits per heavy atom. The maximum Gasteiger partial charge on any atom is 1.00 e. The molecule has 9 heteroatoms. The molecule has 3 atom stereocenters. The second-order valence-corrected chi connectivity index (χ2v) is 7.00. The molecule has 0 amide bonds. The predicted molar refractivity (Wildman–Crippen MR) is 91.6 cm³/mol. The Labute approximate surface area is 210 Å². The monoisotopic (exact) mass is 422 g/mol. The second kappa shape index (κ2) is 8.64. The molecule has 0 radical (unpaired) electrons. The Morgan fingerprint density at radius 3 is 2.52 bits per heavy atom. The van der Waals surface area contributed by atoms with E-state index in [2.05, 4.69) is 5.32 Å². The minimum Gasteiger partial charge on any atom is -0.545 e.